The molecule has 4 nitrogen and oxygen atoms in total. The van der Waals surface area contributed by atoms with E-state index < -0.39 is 0 Å². The minimum absolute atomic E-state index is 0.00442. The van der Waals surface area contributed by atoms with E-state index in [0.29, 0.717) is 10.7 Å². The number of amides is 1. The van der Waals surface area contributed by atoms with Crippen molar-refractivity contribution in [1.29, 1.82) is 0 Å². The molecule has 0 radical (unpaired) electrons. The number of unbranched alkanes of at least 4 members (excludes halogenated alkanes) is 1. The van der Waals surface area contributed by atoms with Gasteiger partial charge in [-0.2, -0.15) is 0 Å². The highest BCUT2D eigenvalue weighted by Gasteiger charge is 2.25. The van der Waals surface area contributed by atoms with Gasteiger partial charge in [0.05, 0.1) is 6.04 Å². The molecule has 1 atom stereocenters. The van der Waals surface area contributed by atoms with Gasteiger partial charge in [-0.25, -0.2) is 0 Å². The molecule has 0 spiro atoms. The molecule has 0 aliphatic heterocycles. The van der Waals surface area contributed by atoms with Crippen molar-refractivity contribution in [2.24, 2.45) is 7.05 Å². The molecule has 0 aliphatic rings. The maximum absolute atomic E-state index is 13.2. The Kier molecular flexibility index (Phi) is 5.62. The molecular weight excluding hydrogens is 346 g/mol. The van der Waals surface area contributed by atoms with Crippen LogP contribution in [0.15, 0.2) is 48.8 Å². The van der Waals surface area contributed by atoms with Crippen LogP contribution in [0.4, 0.5) is 0 Å². The van der Waals surface area contributed by atoms with Crippen LogP contribution >= 0.6 is 11.6 Å². The predicted molar refractivity (Wildman–Crippen MR) is 107 cm³/mol. The third-order valence-electron chi connectivity index (χ3n) is 4.91. The van der Waals surface area contributed by atoms with E-state index in [1.54, 1.807) is 6.20 Å². The second kappa shape index (κ2) is 7.92. The van der Waals surface area contributed by atoms with Crippen LogP contribution in [0.1, 0.15) is 48.3 Å². The number of nitrogens with zero attached hydrogens (tertiary/aromatic N) is 3. The van der Waals surface area contributed by atoms with Gasteiger partial charge < -0.3 is 9.47 Å². The fraction of sp³-hybridized carbons (Fsp3) is 0.333. The summed E-state index contributed by atoms with van der Waals surface area (Å²) in [7, 11) is 3.78. The molecule has 1 amide bonds. The minimum Gasteiger partial charge on any atom is -0.340 e. The average Bonchev–Trinajstić information content (AvgIpc) is 2.98. The first-order chi connectivity index (χ1) is 12.5. The zero-order valence-corrected chi connectivity index (χ0v) is 16.2. The van der Waals surface area contributed by atoms with Crippen LogP contribution in [0.2, 0.25) is 5.02 Å². The molecule has 0 fully saturated rings. The lowest BCUT2D eigenvalue weighted by molar-refractivity contribution is 0.0711. The van der Waals surface area contributed by atoms with Gasteiger partial charge in [-0.15, -0.1) is 0 Å². The fourth-order valence-electron chi connectivity index (χ4n) is 3.39. The van der Waals surface area contributed by atoms with Crippen molar-refractivity contribution in [2.45, 2.75) is 32.2 Å². The third kappa shape index (κ3) is 3.61. The Labute approximate surface area is 159 Å². The summed E-state index contributed by atoms with van der Waals surface area (Å²) in [6.45, 7) is 2.16. The van der Waals surface area contributed by atoms with Gasteiger partial charge in [-0.1, -0.05) is 43.5 Å². The second-order valence-electron chi connectivity index (χ2n) is 6.65. The molecule has 3 aromatic rings. The number of aryl methyl sites for hydroxylation is 1. The van der Waals surface area contributed by atoms with Gasteiger partial charge in [0.25, 0.3) is 5.91 Å². The number of aromatic nitrogens is 2. The van der Waals surface area contributed by atoms with Gasteiger partial charge >= 0.3 is 0 Å². The largest absolute Gasteiger partial charge is 0.340 e. The van der Waals surface area contributed by atoms with Crippen molar-refractivity contribution in [1.82, 2.24) is 14.5 Å². The normalized spacial score (nSPS) is 12.3. The van der Waals surface area contributed by atoms with Crippen LogP contribution in [0.25, 0.3) is 10.9 Å². The zero-order valence-electron chi connectivity index (χ0n) is 15.4. The highest BCUT2D eigenvalue weighted by molar-refractivity contribution is 6.31. The summed E-state index contributed by atoms with van der Waals surface area (Å²) in [5, 5.41) is 1.68. The number of carbonyl (C=O) groups is 1. The summed E-state index contributed by atoms with van der Waals surface area (Å²) in [5.41, 5.74) is 2.69. The highest BCUT2D eigenvalue weighted by atomic mass is 35.5. The van der Waals surface area contributed by atoms with Crippen LogP contribution in [0.5, 0.6) is 0 Å². The Hall–Kier alpha value is -2.33. The van der Waals surface area contributed by atoms with Gasteiger partial charge in [0.1, 0.15) is 5.69 Å². The lowest BCUT2D eigenvalue weighted by atomic mass is 10.0. The third-order valence-corrected chi connectivity index (χ3v) is 5.15. The Balaban J connectivity index is 1.95. The van der Waals surface area contributed by atoms with E-state index in [0.717, 1.165) is 35.7 Å². The van der Waals surface area contributed by atoms with E-state index in [2.05, 4.69) is 11.9 Å². The van der Waals surface area contributed by atoms with E-state index in [1.807, 2.05) is 66.2 Å². The molecule has 3 rings (SSSR count). The molecule has 0 N–H and O–H groups in total. The number of hydrogen-bond acceptors (Lipinski definition) is 2. The molecule has 0 bridgehead atoms. The van der Waals surface area contributed by atoms with Crippen LogP contribution < -0.4 is 0 Å². The standard InChI is InChI=1S/C21H24ClN3O/c1-4-5-8-18(16-7-6-11-23-14-16)25(3)21(26)20-12-15-9-10-17(22)13-19(15)24(20)2/h6-7,9-14,18H,4-5,8H2,1-3H3. The Bertz CT molecular complexity index is 904. The van der Waals surface area contributed by atoms with Gasteiger partial charge in [-0.3, -0.25) is 9.78 Å². The van der Waals surface area contributed by atoms with Crippen molar-refractivity contribution in [3.8, 4) is 0 Å². The molecule has 1 aromatic carbocycles. The van der Waals surface area contributed by atoms with Crippen molar-refractivity contribution in [2.75, 3.05) is 7.05 Å². The van der Waals surface area contributed by atoms with Gasteiger partial charge in [-0.05, 0) is 36.2 Å². The topological polar surface area (TPSA) is 38.1 Å². The molecule has 1 unspecified atom stereocenters. The van der Waals surface area contributed by atoms with Crippen molar-refractivity contribution >= 4 is 28.4 Å². The zero-order chi connectivity index (χ0) is 18.7. The average molecular weight is 370 g/mol. The summed E-state index contributed by atoms with van der Waals surface area (Å²) in [5.74, 6) is 0.00442. The molecule has 5 heteroatoms. The Morgan fingerprint density at radius 1 is 1.31 bits per heavy atom. The molecule has 26 heavy (non-hydrogen) atoms. The van der Waals surface area contributed by atoms with Gasteiger partial charge in [0.15, 0.2) is 0 Å². The van der Waals surface area contributed by atoms with Gasteiger partial charge in [0.2, 0.25) is 0 Å². The van der Waals surface area contributed by atoms with Crippen molar-refractivity contribution < 1.29 is 4.79 Å². The number of fused-ring (bicyclic) bond motifs is 1. The lowest BCUT2D eigenvalue weighted by Crippen LogP contribution is -2.32. The van der Waals surface area contributed by atoms with E-state index in [-0.39, 0.29) is 11.9 Å². The fourth-order valence-corrected chi connectivity index (χ4v) is 3.55. The Morgan fingerprint density at radius 3 is 2.81 bits per heavy atom. The summed E-state index contributed by atoms with van der Waals surface area (Å²) >= 11 is 6.11. The smallest absolute Gasteiger partial charge is 0.270 e. The number of hydrogen-bond donors (Lipinski definition) is 0. The van der Waals surface area contributed by atoms with Crippen LogP contribution in [-0.4, -0.2) is 27.4 Å². The molecule has 2 heterocycles. The maximum Gasteiger partial charge on any atom is 0.270 e. The summed E-state index contributed by atoms with van der Waals surface area (Å²) in [4.78, 5) is 19.3. The van der Waals surface area contributed by atoms with E-state index in [9.17, 15) is 4.79 Å². The summed E-state index contributed by atoms with van der Waals surface area (Å²) < 4.78 is 1.92. The molecule has 0 saturated heterocycles. The van der Waals surface area contributed by atoms with Gasteiger partial charge in [0, 0.05) is 42.4 Å². The van der Waals surface area contributed by atoms with Crippen molar-refractivity contribution in [3.05, 3.63) is 65.1 Å². The minimum atomic E-state index is 0.00442. The SMILES string of the molecule is CCCCC(c1cccnc1)N(C)C(=O)c1cc2ccc(Cl)cc2n1C. The lowest BCUT2D eigenvalue weighted by Gasteiger charge is -2.28. The van der Waals surface area contributed by atoms with Crippen molar-refractivity contribution in [3.63, 3.8) is 0 Å². The number of pyridine rings is 1. The highest BCUT2D eigenvalue weighted by Crippen LogP contribution is 2.28. The molecule has 2 aromatic heterocycles. The number of halogens is 1. The summed E-state index contributed by atoms with van der Waals surface area (Å²) in [6.07, 6.45) is 6.68. The first-order valence-corrected chi connectivity index (χ1v) is 9.32. The molecular formula is C21H24ClN3O. The maximum atomic E-state index is 13.2. The number of rotatable bonds is 6. The van der Waals surface area contributed by atoms with E-state index >= 15 is 0 Å². The molecule has 0 saturated carbocycles. The van der Waals surface area contributed by atoms with E-state index in [1.165, 1.54) is 0 Å². The van der Waals surface area contributed by atoms with E-state index in [4.69, 9.17) is 11.6 Å². The number of benzene rings is 1. The first-order valence-electron chi connectivity index (χ1n) is 8.95. The molecule has 136 valence electrons. The predicted octanol–water partition coefficient (Wildman–Crippen LogP) is 5.23. The Morgan fingerprint density at radius 2 is 2.12 bits per heavy atom. The van der Waals surface area contributed by atoms with Crippen LogP contribution in [0.3, 0.4) is 0 Å². The van der Waals surface area contributed by atoms with Crippen LogP contribution in [-0.2, 0) is 7.05 Å². The monoisotopic (exact) mass is 369 g/mol. The summed E-state index contributed by atoms with van der Waals surface area (Å²) in [6, 6.07) is 11.6. The molecule has 0 aliphatic carbocycles. The van der Waals surface area contributed by atoms with Crippen LogP contribution in [0, 0.1) is 0 Å². The quantitative estimate of drug-likeness (QED) is 0.596. The number of carbonyl (C=O) groups excluding carboxylic acids is 1. The first kappa shape index (κ1) is 18.5. The second-order valence-corrected chi connectivity index (χ2v) is 7.09.